The molecule has 8 nitrogen and oxygen atoms in total. The first kappa shape index (κ1) is 16.3. The van der Waals surface area contributed by atoms with Crippen molar-refractivity contribution in [2.24, 2.45) is 0 Å². The van der Waals surface area contributed by atoms with E-state index in [0.717, 1.165) is 30.1 Å². The fourth-order valence-corrected chi connectivity index (χ4v) is 3.09. The molecule has 4 rings (SSSR count). The Balaban J connectivity index is 1.24. The van der Waals surface area contributed by atoms with Crippen LogP contribution in [0.1, 0.15) is 6.42 Å². The third kappa shape index (κ3) is 3.58. The second-order valence-electron chi connectivity index (χ2n) is 6.20. The van der Waals surface area contributed by atoms with Crippen molar-refractivity contribution in [3.63, 3.8) is 0 Å². The first-order valence-corrected chi connectivity index (χ1v) is 8.78. The number of carbonyl (C=O) groups is 1. The maximum Gasteiger partial charge on any atom is 0.225 e. The zero-order valence-electron chi connectivity index (χ0n) is 14.4. The summed E-state index contributed by atoms with van der Waals surface area (Å²) in [6.45, 7) is 3.46. The topological polar surface area (TPSA) is 90.0 Å². The monoisotopic (exact) mass is 351 g/mol. The molecule has 0 spiro atoms. The fourth-order valence-electron chi connectivity index (χ4n) is 3.09. The molecule has 8 heteroatoms. The fraction of sp³-hybridized carbons (Fsp3) is 0.333. The van der Waals surface area contributed by atoms with Crippen LogP contribution in [-0.4, -0.2) is 63.5 Å². The van der Waals surface area contributed by atoms with Crippen molar-refractivity contribution in [3.05, 3.63) is 42.7 Å². The Bertz CT molecular complexity index is 838. The van der Waals surface area contributed by atoms with Gasteiger partial charge < -0.3 is 20.1 Å². The number of amides is 1. The lowest BCUT2D eigenvalue weighted by atomic mass is 10.3. The molecule has 3 heterocycles. The van der Waals surface area contributed by atoms with E-state index in [4.69, 9.17) is 0 Å². The Morgan fingerprint density at radius 3 is 2.62 bits per heavy atom. The summed E-state index contributed by atoms with van der Waals surface area (Å²) in [6, 6.07) is 9.66. The third-order valence-electron chi connectivity index (χ3n) is 4.49. The molecular formula is C18H21N7O. The second kappa shape index (κ2) is 7.38. The van der Waals surface area contributed by atoms with Gasteiger partial charge in [0.15, 0.2) is 0 Å². The van der Waals surface area contributed by atoms with Crippen LogP contribution in [0.4, 0.5) is 11.9 Å². The minimum atomic E-state index is 0.155. The van der Waals surface area contributed by atoms with Crippen molar-refractivity contribution in [2.45, 2.75) is 6.42 Å². The molecule has 3 aromatic rings. The molecule has 1 saturated heterocycles. The van der Waals surface area contributed by atoms with Gasteiger partial charge in [-0.25, -0.2) is 15.0 Å². The molecule has 2 N–H and O–H groups in total. The highest BCUT2D eigenvalue weighted by atomic mass is 16.2. The normalized spacial score (nSPS) is 14.6. The minimum Gasteiger partial charge on any atom is -0.355 e. The SMILES string of the molecule is O=C(CCNc1nc2ccccc2[nH]1)N1CCN(c2ncccn2)CC1. The van der Waals surface area contributed by atoms with Crippen LogP contribution in [0.2, 0.25) is 0 Å². The van der Waals surface area contributed by atoms with Crippen molar-refractivity contribution >= 4 is 28.8 Å². The smallest absolute Gasteiger partial charge is 0.225 e. The summed E-state index contributed by atoms with van der Waals surface area (Å²) in [7, 11) is 0. The van der Waals surface area contributed by atoms with Crippen LogP contribution >= 0.6 is 0 Å². The molecule has 0 saturated carbocycles. The molecule has 1 amide bonds. The second-order valence-corrected chi connectivity index (χ2v) is 6.20. The van der Waals surface area contributed by atoms with Gasteiger partial charge in [0.25, 0.3) is 0 Å². The number of para-hydroxylation sites is 2. The molecule has 0 aliphatic carbocycles. The molecule has 1 aliphatic rings. The predicted octanol–water partition coefficient (Wildman–Crippen LogP) is 1.50. The number of aromatic nitrogens is 4. The zero-order chi connectivity index (χ0) is 17.8. The van der Waals surface area contributed by atoms with Gasteiger partial charge in [-0.15, -0.1) is 0 Å². The highest BCUT2D eigenvalue weighted by Gasteiger charge is 2.22. The first-order valence-electron chi connectivity index (χ1n) is 8.78. The number of rotatable bonds is 5. The molecule has 2 aromatic heterocycles. The van der Waals surface area contributed by atoms with E-state index >= 15 is 0 Å². The molecule has 1 aliphatic heterocycles. The lowest BCUT2D eigenvalue weighted by Gasteiger charge is -2.34. The van der Waals surface area contributed by atoms with Gasteiger partial charge in [0, 0.05) is 51.5 Å². The Labute approximate surface area is 151 Å². The van der Waals surface area contributed by atoms with E-state index in [0.29, 0.717) is 32.0 Å². The van der Waals surface area contributed by atoms with Gasteiger partial charge in [-0.2, -0.15) is 0 Å². The van der Waals surface area contributed by atoms with Gasteiger partial charge in [0.05, 0.1) is 11.0 Å². The minimum absolute atomic E-state index is 0.155. The number of imidazole rings is 1. The van der Waals surface area contributed by atoms with Crippen molar-refractivity contribution in [1.29, 1.82) is 0 Å². The summed E-state index contributed by atoms with van der Waals surface area (Å²) >= 11 is 0. The summed E-state index contributed by atoms with van der Waals surface area (Å²) in [5.41, 5.74) is 1.90. The molecule has 0 radical (unpaired) electrons. The standard InChI is InChI=1S/C18H21N7O/c26-16(6-9-19-17-22-14-4-1-2-5-15(14)23-17)24-10-12-25(13-11-24)18-20-7-3-8-21-18/h1-5,7-8H,6,9-13H2,(H2,19,22,23). The summed E-state index contributed by atoms with van der Waals surface area (Å²) < 4.78 is 0. The number of benzene rings is 1. The van der Waals surface area contributed by atoms with Gasteiger partial charge >= 0.3 is 0 Å². The zero-order valence-corrected chi connectivity index (χ0v) is 14.4. The van der Waals surface area contributed by atoms with Gasteiger partial charge in [0.2, 0.25) is 17.8 Å². The number of hydrogen-bond donors (Lipinski definition) is 2. The van der Waals surface area contributed by atoms with Gasteiger partial charge in [0.1, 0.15) is 0 Å². The Morgan fingerprint density at radius 1 is 1.08 bits per heavy atom. The Kier molecular flexibility index (Phi) is 4.63. The molecular weight excluding hydrogens is 330 g/mol. The first-order chi connectivity index (χ1) is 12.8. The van der Waals surface area contributed by atoms with Crippen molar-refractivity contribution in [3.8, 4) is 0 Å². The van der Waals surface area contributed by atoms with Crippen molar-refractivity contribution in [2.75, 3.05) is 42.9 Å². The highest BCUT2D eigenvalue weighted by molar-refractivity contribution is 5.78. The average Bonchev–Trinajstić information content (AvgIpc) is 3.11. The molecule has 0 unspecified atom stereocenters. The van der Waals surface area contributed by atoms with E-state index in [1.165, 1.54) is 0 Å². The summed E-state index contributed by atoms with van der Waals surface area (Å²) in [4.78, 5) is 32.6. The van der Waals surface area contributed by atoms with Crippen LogP contribution < -0.4 is 10.2 Å². The number of hydrogen-bond acceptors (Lipinski definition) is 6. The highest BCUT2D eigenvalue weighted by Crippen LogP contribution is 2.14. The van der Waals surface area contributed by atoms with Crippen LogP contribution in [0.5, 0.6) is 0 Å². The number of aromatic amines is 1. The van der Waals surface area contributed by atoms with E-state index < -0.39 is 0 Å². The number of H-pyrrole nitrogens is 1. The lowest BCUT2D eigenvalue weighted by molar-refractivity contribution is -0.131. The van der Waals surface area contributed by atoms with Crippen LogP contribution in [0, 0.1) is 0 Å². The van der Waals surface area contributed by atoms with Crippen LogP contribution in [-0.2, 0) is 4.79 Å². The Morgan fingerprint density at radius 2 is 1.85 bits per heavy atom. The largest absolute Gasteiger partial charge is 0.355 e. The molecule has 0 bridgehead atoms. The van der Waals surface area contributed by atoms with Crippen LogP contribution in [0.25, 0.3) is 11.0 Å². The number of fused-ring (bicyclic) bond motifs is 1. The number of anilines is 2. The third-order valence-corrected chi connectivity index (χ3v) is 4.49. The van der Waals surface area contributed by atoms with E-state index in [1.807, 2.05) is 29.2 Å². The maximum absolute atomic E-state index is 12.4. The van der Waals surface area contributed by atoms with Crippen LogP contribution in [0.3, 0.4) is 0 Å². The molecule has 1 fully saturated rings. The number of carbonyl (C=O) groups excluding carboxylic acids is 1. The Hall–Kier alpha value is -3.16. The number of nitrogens with one attached hydrogen (secondary N) is 2. The molecule has 26 heavy (non-hydrogen) atoms. The predicted molar refractivity (Wildman–Crippen MR) is 100 cm³/mol. The van der Waals surface area contributed by atoms with Crippen molar-refractivity contribution in [1.82, 2.24) is 24.8 Å². The number of nitrogens with zero attached hydrogens (tertiary/aromatic N) is 5. The summed E-state index contributed by atoms with van der Waals surface area (Å²) in [5, 5.41) is 3.19. The van der Waals surface area contributed by atoms with E-state index in [2.05, 4.69) is 30.2 Å². The molecule has 1 aromatic carbocycles. The van der Waals surface area contributed by atoms with Gasteiger partial charge in [-0.3, -0.25) is 4.79 Å². The van der Waals surface area contributed by atoms with E-state index in [1.54, 1.807) is 18.5 Å². The maximum atomic E-state index is 12.4. The molecule has 0 atom stereocenters. The lowest BCUT2D eigenvalue weighted by Crippen LogP contribution is -2.49. The summed E-state index contributed by atoms with van der Waals surface area (Å²) in [6.07, 6.45) is 3.92. The van der Waals surface area contributed by atoms with E-state index in [-0.39, 0.29) is 5.91 Å². The average molecular weight is 351 g/mol. The van der Waals surface area contributed by atoms with Gasteiger partial charge in [-0.05, 0) is 18.2 Å². The summed E-state index contributed by atoms with van der Waals surface area (Å²) in [5.74, 6) is 1.58. The molecule has 134 valence electrons. The van der Waals surface area contributed by atoms with Gasteiger partial charge in [-0.1, -0.05) is 12.1 Å². The van der Waals surface area contributed by atoms with Crippen LogP contribution in [0.15, 0.2) is 42.7 Å². The van der Waals surface area contributed by atoms with E-state index in [9.17, 15) is 4.79 Å². The quantitative estimate of drug-likeness (QED) is 0.724. The van der Waals surface area contributed by atoms with Crippen molar-refractivity contribution < 1.29 is 4.79 Å². The number of piperazine rings is 1.